The van der Waals surface area contributed by atoms with Crippen molar-refractivity contribution in [1.29, 1.82) is 0 Å². The number of nitrogens with two attached hydrogens (primary N) is 1. The second-order valence-electron chi connectivity index (χ2n) is 4.10. The first kappa shape index (κ1) is 11.4. The van der Waals surface area contributed by atoms with Crippen LogP contribution >= 0.6 is 11.5 Å². The van der Waals surface area contributed by atoms with Crippen LogP contribution in [0.5, 0.6) is 5.75 Å². The van der Waals surface area contributed by atoms with Crippen LogP contribution in [0.3, 0.4) is 0 Å². The molecular weight excluding hydrogens is 250 g/mol. The van der Waals surface area contributed by atoms with Crippen molar-refractivity contribution in [3.63, 3.8) is 0 Å². The monoisotopic (exact) mass is 263 g/mol. The molecule has 0 spiro atoms. The number of nitrogen functional groups attached to an aromatic ring is 1. The number of rotatable bonds is 3. The smallest absolute Gasteiger partial charge is 0.138 e. The van der Waals surface area contributed by atoms with E-state index in [1.54, 1.807) is 6.20 Å². The molecule has 2 aromatic heterocycles. The molecule has 2 aromatic rings. The van der Waals surface area contributed by atoms with Crippen LogP contribution in [-0.4, -0.2) is 28.7 Å². The molecule has 94 valence electrons. The van der Waals surface area contributed by atoms with Gasteiger partial charge in [-0.2, -0.15) is 4.37 Å². The van der Waals surface area contributed by atoms with Gasteiger partial charge >= 0.3 is 0 Å². The summed E-state index contributed by atoms with van der Waals surface area (Å²) in [6, 6.07) is 5.61. The average molecular weight is 263 g/mol. The van der Waals surface area contributed by atoms with E-state index in [1.165, 1.54) is 11.5 Å². The fourth-order valence-corrected chi connectivity index (χ4v) is 2.32. The van der Waals surface area contributed by atoms with E-state index in [1.807, 2.05) is 18.2 Å². The quantitative estimate of drug-likeness (QED) is 0.916. The van der Waals surface area contributed by atoms with Gasteiger partial charge in [-0.25, -0.2) is 0 Å². The van der Waals surface area contributed by atoms with Gasteiger partial charge in [-0.15, -0.1) is 0 Å². The van der Waals surface area contributed by atoms with Gasteiger partial charge in [0.2, 0.25) is 0 Å². The highest BCUT2D eigenvalue weighted by molar-refractivity contribution is 7.10. The summed E-state index contributed by atoms with van der Waals surface area (Å²) in [6.45, 7) is 1.43. The first-order valence-corrected chi connectivity index (χ1v) is 6.51. The number of hydrogen-bond acceptors (Lipinski definition) is 6. The SMILES string of the molecule is Nc1cc(-c2ccc(OC3CCOC3)cn2)ns1. The molecule has 1 fully saturated rings. The highest BCUT2D eigenvalue weighted by Crippen LogP contribution is 2.23. The van der Waals surface area contributed by atoms with Gasteiger partial charge in [0.05, 0.1) is 25.1 Å². The summed E-state index contributed by atoms with van der Waals surface area (Å²) < 4.78 is 15.2. The van der Waals surface area contributed by atoms with Crippen LogP contribution in [-0.2, 0) is 4.74 Å². The van der Waals surface area contributed by atoms with E-state index >= 15 is 0 Å². The van der Waals surface area contributed by atoms with Gasteiger partial charge in [0.1, 0.15) is 22.5 Å². The Labute approximate surface area is 109 Å². The third-order valence-corrected chi connectivity index (χ3v) is 3.33. The van der Waals surface area contributed by atoms with Crippen LogP contribution in [0.1, 0.15) is 6.42 Å². The van der Waals surface area contributed by atoms with Crippen LogP contribution in [0.2, 0.25) is 0 Å². The van der Waals surface area contributed by atoms with Crippen molar-refractivity contribution >= 4 is 16.5 Å². The molecule has 18 heavy (non-hydrogen) atoms. The molecule has 1 aliphatic rings. The van der Waals surface area contributed by atoms with Crippen molar-refractivity contribution < 1.29 is 9.47 Å². The Bertz CT molecular complexity index is 520. The van der Waals surface area contributed by atoms with Crippen LogP contribution in [0.25, 0.3) is 11.4 Å². The lowest BCUT2D eigenvalue weighted by Crippen LogP contribution is -2.15. The summed E-state index contributed by atoms with van der Waals surface area (Å²) in [5.41, 5.74) is 7.25. The molecule has 0 aliphatic carbocycles. The van der Waals surface area contributed by atoms with Crippen molar-refractivity contribution in [2.24, 2.45) is 0 Å². The summed E-state index contributed by atoms with van der Waals surface area (Å²) in [5, 5.41) is 0.690. The first-order valence-electron chi connectivity index (χ1n) is 5.74. The zero-order valence-electron chi connectivity index (χ0n) is 9.70. The Morgan fingerprint density at radius 3 is 2.94 bits per heavy atom. The van der Waals surface area contributed by atoms with E-state index in [4.69, 9.17) is 15.2 Å². The van der Waals surface area contributed by atoms with Gasteiger partial charge in [-0.1, -0.05) is 0 Å². The lowest BCUT2D eigenvalue weighted by molar-refractivity contribution is 0.141. The van der Waals surface area contributed by atoms with Crippen molar-refractivity contribution in [1.82, 2.24) is 9.36 Å². The lowest BCUT2D eigenvalue weighted by atomic mass is 10.2. The van der Waals surface area contributed by atoms with Gasteiger partial charge in [0.25, 0.3) is 0 Å². The number of nitrogens with zero attached hydrogens (tertiary/aromatic N) is 2. The van der Waals surface area contributed by atoms with Crippen LogP contribution < -0.4 is 10.5 Å². The molecular formula is C12H13N3O2S. The van der Waals surface area contributed by atoms with Gasteiger partial charge in [0.15, 0.2) is 0 Å². The maximum absolute atomic E-state index is 5.74. The van der Waals surface area contributed by atoms with E-state index in [0.29, 0.717) is 11.6 Å². The highest BCUT2D eigenvalue weighted by atomic mass is 32.1. The van der Waals surface area contributed by atoms with Crippen molar-refractivity contribution in [3.8, 4) is 17.1 Å². The topological polar surface area (TPSA) is 70.3 Å². The minimum absolute atomic E-state index is 0.146. The molecule has 6 heteroatoms. The predicted octanol–water partition coefficient (Wildman–Crippen LogP) is 1.96. The fourth-order valence-electron chi connectivity index (χ4n) is 1.81. The molecule has 1 saturated heterocycles. The summed E-state index contributed by atoms with van der Waals surface area (Å²) in [6.07, 6.45) is 2.79. The van der Waals surface area contributed by atoms with Gasteiger partial charge < -0.3 is 15.2 Å². The van der Waals surface area contributed by atoms with Crippen LogP contribution in [0.15, 0.2) is 24.4 Å². The number of ether oxygens (including phenoxy) is 2. The Morgan fingerprint density at radius 1 is 1.39 bits per heavy atom. The molecule has 1 unspecified atom stereocenters. The van der Waals surface area contributed by atoms with E-state index < -0.39 is 0 Å². The average Bonchev–Trinajstić information content (AvgIpc) is 3.02. The fraction of sp³-hybridized carbons (Fsp3) is 0.333. The number of aromatic nitrogens is 2. The summed E-state index contributed by atoms with van der Waals surface area (Å²) >= 11 is 1.27. The molecule has 0 amide bonds. The Hall–Kier alpha value is -1.66. The zero-order valence-corrected chi connectivity index (χ0v) is 10.5. The number of anilines is 1. The Balaban J connectivity index is 1.72. The maximum atomic E-state index is 5.74. The highest BCUT2D eigenvalue weighted by Gasteiger charge is 2.17. The lowest BCUT2D eigenvalue weighted by Gasteiger charge is -2.11. The van der Waals surface area contributed by atoms with E-state index in [0.717, 1.165) is 30.2 Å². The number of hydrogen-bond donors (Lipinski definition) is 1. The molecule has 3 heterocycles. The van der Waals surface area contributed by atoms with E-state index in [2.05, 4.69) is 9.36 Å². The molecule has 0 saturated carbocycles. The van der Waals surface area contributed by atoms with Gasteiger partial charge in [0, 0.05) is 12.5 Å². The standard InChI is InChI=1S/C12H13N3O2S/c13-12-5-11(15-18-12)10-2-1-8(6-14-10)17-9-3-4-16-7-9/h1-2,5-6,9H,3-4,7,13H2. The van der Waals surface area contributed by atoms with E-state index in [-0.39, 0.29) is 6.10 Å². The molecule has 1 atom stereocenters. The molecule has 1 aliphatic heterocycles. The van der Waals surface area contributed by atoms with Crippen LogP contribution in [0.4, 0.5) is 5.00 Å². The summed E-state index contributed by atoms with van der Waals surface area (Å²) in [7, 11) is 0. The Kier molecular flexibility index (Phi) is 3.12. The second-order valence-corrected chi connectivity index (χ2v) is 4.93. The van der Waals surface area contributed by atoms with E-state index in [9.17, 15) is 0 Å². The third-order valence-electron chi connectivity index (χ3n) is 2.72. The first-order chi connectivity index (χ1) is 8.81. The van der Waals surface area contributed by atoms with Crippen molar-refractivity contribution in [2.75, 3.05) is 18.9 Å². The minimum Gasteiger partial charge on any atom is -0.486 e. The third kappa shape index (κ3) is 2.44. The molecule has 0 bridgehead atoms. The predicted molar refractivity (Wildman–Crippen MR) is 69.6 cm³/mol. The minimum atomic E-state index is 0.146. The van der Waals surface area contributed by atoms with Crippen molar-refractivity contribution in [2.45, 2.75) is 12.5 Å². The molecule has 0 radical (unpaired) electrons. The Morgan fingerprint density at radius 2 is 2.33 bits per heavy atom. The molecule has 2 N–H and O–H groups in total. The summed E-state index contributed by atoms with van der Waals surface area (Å²) in [5.74, 6) is 0.762. The zero-order chi connectivity index (χ0) is 12.4. The van der Waals surface area contributed by atoms with Gasteiger partial charge in [-0.05, 0) is 23.7 Å². The molecule has 3 rings (SSSR count). The normalized spacial score (nSPS) is 19.0. The number of pyridine rings is 1. The summed E-state index contributed by atoms with van der Waals surface area (Å²) in [4.78, 5) is 4.33. The molecule has 5 nitrogen and oxygen atoms in total. The molecule has 0 aromatic carbocycles. The largest absolute Gasteiger partial charge is 0.486 e. The second kappa shape index (κ2) is 4.91. The van der Waals surface area contributed by atoms with Crippen LogP contribution in [0, 0.1) is 0 Å². The maximum Gasteiger partial charge on any atom is 0.138 e. The van der Waals surface area contributed by atoms with Gasteiger partial charge in [-0.3, -0.25) is 4.98 Å². The van der Waals surface area contributed by atoms with Crippen molar-refractivity contribution in [3.05, 3.63) is 24.4 Å².